The highest BCUT2D eigenvalue weighted by Gasteiger charge is 2.11. The molecule has 0 saturated carbocycles. The quantitative estimate of drug-likeness (QED) is 0.339. The van der Waals surface area contributed by atoms with Crippen LogP contribution in [-0.2, 0) is 0 Å². The van der Waals surface area contributed by atoms with Gasteiger partial charge in [0.05, 0.1) is 5.52 Å². The molecule has 3 N–H and O–H groups in total. The van der Waals surface area contributed by atoms with Gasteiger partial charge in [-0.05, 0) is 61.9 Å². The van der Waals surface area contributed by atoms with E-state index in [1.54, 1.807) is 4.52 Å². The van der Waals surface area contributed by atoms with Crippen LogP contribution in [0.15, 0.2) is 73.1 Å². The number of nitrogens with zero attached hydrogens (tertiary/aromatic N) is 6. The molecule has 174 valence electrons. The third kappa shape index (κ3) is 4.46. The lowest BCUT2D eigenvalue weighted by Gasteiger charge is -2.16. The average molecular weight is 466 g/mol. The van der Waals surface area contributed by atoms with Crippen LogP contribution in [0.2, 0.25) is 0 Å². The lowest BCUT2D eigenvalue weighted by atomic mass is 10.2. The number of ether oxygens (including phenoxy) is 1. The van der Waals surface area contributed by atoms with Gasteiger partial charge in [0.15, 0.2) is 11.5 Å². The SMILES string of the molecule is Cc1cc(Nc2ncnc3ccc(NC4=CCCNC4)nc23)ccc1Oc1ccn2ncnc2c1. The van der Waals surface area contributed by atoms with Gasteiger partial charge in [0.1, 0.15) is 35.5 Å². The maximum Gasteiger partial charge on any atom is 0.160 e. The number of benzene rings is 1. The molecular weight excluding hydrogens is 442 g/mol. The van der Waals surface area contributed by atoms with Crippen molar-refractivity contribution in [1.29, 1.82) is 0 Å². The van der Waals surface area contributed by atoms with Gasteiger partial charge in [-0.2, -0.15) is 5.10 Å². The predicted octanol–water partition coefficient (Wildman–Crippen LogP) is 4.20. The Labute approximate surface area is 201 Å². The number of hydrogen-bond acceptors (Lipinski definition) is 9. The molecule has 10 heteroatoms. The molecule has 0 saturated heterocycles. The minimum Gasteiger partial charge on any atom is -0.457 e. The summed E-state index contributed by atoms with van der Waals surface area (Å²) in [5.74, 6) is 2.85. The summed E-state index contributed by atoms with van der Waals surface area (Å²) in [7, 11) is 0. The minimum absolute atomic E-state index is 0.639. The van der Waals surface area contributed by atoms with Crippen molar-refractivity contribution in [3.63, 3.8) is 0 Å². The Morgan fingerprint density at radius 2 is 1.97 bits per heavy atom. The Balaban J connectivity index is 1.24. The molecule has 0 radical (unpaired) electrons. The molecule has 6 rings (SSSR count). The van der Waals surface area contributed by atoms with Crippen molar-refractivity contribution < 1.29 is 4.74 Å². The van der Waals surface area contributed by atoms with Crippen LogP contribution in [0.3, 0.4) is 0 Å². The molecule has 5 aromatic rings. The van der Waals surface area contributed by atoms with Crippen LogP contribution in [0.5, 0.6) is 11.5 Å². The summed E-state index contributed by atoms with van der Waals surface area (Å²) in [5, 5.41) is 14.2. The Morgan fingerprint density at radius 1 is 1.00 bits per heavy atom. The Bertz CT molecular complexity index is 1560. The maximum absolute atomic E-state index is 6.08. The lowest BCUT2D eigenvalue weighted by molar-refractivity contribution is 0.478. The summed E-state index contributed by atoms with van der Waals surface area (Å²) in [4.78, 5) is 17.8. The summed E-state index contributed by atoms with van der Waals surface area (Å²) in [6, 6.07) is 13.5. The first-order valence-electron chi connectivity index (χ1n) is 11.3. The molecule has 1 aliphatic heterocycles. The number of hydrogen-bond donors (Lipinski definition) is 3. The fourth-order valence-electron chi connectivity index (χ4n) is 3.97. The summed E-state index contributed by atoms with van der Waals surface area (Å²) in [5.41, 5.74) is 5.16. The maximum atomic E-state index is 6.08. The smallest absolute Gasteiger partial charge is 0.160 e. The number of fused-ring (bicyclic) bond motifs is 2. The lowest BCUT2D eigenvalue weighted by Crippen LogP contribution is -2.25. The van der Waals surface area contributed by atoms with E-state index in [0.717, 1.165) is 59.2 Å². The van der Waals surface area contributed by atoms with Crippen LogP contribution in [0.1, 0.15) is 12.0 Å². The fraction of sp³-hybridized carbons (Fsp3) is 0.160. The zero-order valence-electron chi connectivity index (χ0n) is 19.1. The molecule has 35 heavy (non-hydrogen) atoms. The number of aromatic nitrogens is 6. The van der Waals surface area contributed by atoms with E-state index < -0.39 is 0 Å². The molecule has 0 unspecified atom stereocenters. The minimum atomic E-state index is 0.639. The van der Waals surface area contributed by atoms with Gasteiger partial charge in [-0.15, -0.1) is 0 Å². The zero-order valence-corrected chi connectivity index (χ0v) is 19.1. The van der Waals surface area contributed by atoms with Gasteiger partial charge in [0.25, 0.3) is 0 Å². The highest BCUT2D eigenvalue weighted by atomic mass is 16.5. The second kappa shape index (κ2) is 8.99. The molecule has 1 aliphatic rings. The first kappa shape index (κ1) is 21.0. The van der Waals surface area contributed by atoms with Gasteiger partial charge < -0.3 is 20.7 Å². The Morgan fingerprint density at radius 3 is 2.86 bits per heavy atom. The molecular formula is C25H23N9O. The standard InChI is InChI=1S/C25H23N9O/c1-16-11-17(4-6-21(16)35-19-8-10-34-23(12-19)28-15-30-34)32-25-24-20(27-14-29-25)5-7-22(33-24)31-18-3-2-9-26-13-18/h3-8,10-12,14-15,26H,2,9,13H2,1H3,(H,31,33)(H,27,29,32). The van der Waals surface area contributed by atoms with E-state index in [0.29, 0.717) is 17.1 Å². The molecule has 0 atom stereocenters. The normalized spacial score (nSPS) is 13.6. The number of nitrogens with one attached hydrogen (secondary N) is 3. The predicted molar refractivity (Wildman–Crippen MR) is 134 cm³/mol. The van der Waals surface area contributed by atoms with Crippen LogP contribution in [-0.4, -0.2) is 42.6 Å². The highest BCUT2D eigenvalue weighted by molar-refractivity contribution is 5.88. The highest BCUT2D eigenvalue weighted by Crippen LogP contribution is 2.30. The summed E-state index contributed by atoms with van der Waals surface area (Å²) in [6.07, 6.45) is 8.07. The van der Waals surface area contributed by atoms with Gasteiger partial charge in [-0.3, -0.25) is 0 Å². The molecule has 0 bridgehead atoms. The van der Waals surface area contributed by atoms with Gasteiger partial charge in [0.2, 0.25) is 0 Å². The Hall–Kier alpha value is -4.57. The van der Waals surface area contributed by atoms with Crippen molar-refractivity contribution in [2.75, 3.05) is 23.7 Å². The molecule has 0 fully saturated rings. The molecule has 4 aromatic heterocycles. The number of pyridine rings is 2. The molecule has 0 aliphatic carbocycles. The van der Waals surface area contributed by atoms with E-state index in [-0.39, 0.29) is 0 Å². The zero-order chi connectivity index (χ0) is 23.6. The first-order chi connectivity index (χ1) is 17.2. The van der Waals surface area contributed by atoms with E-state index in [9.17, 15) is 0 Å². The van der Waals surface area contributed by atoms with Crippen LogP contribution in [0, 0.1) is 6.92 Å². The molecule has 1 aromatic carbocycles. The van der Waals surface area contributed by atoms with E-state index in [1.165, 1.54) is 12.7 Å². The van der Waals surface area contributed by atoms with Crippen LogP contribution < -0.4 is 20.7 Å². The van der Waals surface area contributed by atoms with E-state index in [1.807, 2.05) is 55.6 Å². The molecule has 0 amide bonds. The summed E-state index contributed by atoms with van der Waals surface area (Å²) in [6.45, 7) is 3.80. The third-order valence-electron chi connectivity index (χ3n) is 5.72. The first-order valence-corrected chi connectivity index (χ1v) is 11.3. The average Bonchev–Trinajstić information content (AvgIpc) is 3.35. The van der Waals surface area contributed by atoms with Crippen LogP contribution in [0.25, 0.3) is 16.7 Å². The van der Waals surface area contributed by atoms with Gasteiger partial charge in [0, 0.05) is 30.2 Å². The van der Waals surface area contributed by atoms with Gasteiger partial charge in [-0.25, -0.2) is 24.5 Å². The van der Waals surface area contributed by atoms with Crippen molar-refractivity contribution >= 4 is 34.0 Å². The Kier molecular flexibility index (Phi) is 5.39. The van der Waals surface area contributed by atoms with Crippen molar-refractivity contribution in [2.45, 2.75) is 13.3 Å². The van der Waals surface area contributed by atoms with E-state index in [4.69, 9.17) is 9.72 Å². The summed E-state index contributed by atoms with van der Waals surface area (Å²) < 4.78 is 7.78. The van der Waals surface area contributed by atoms with Crippen molar-refractivity contribution in [2.24, 2.45) is 0 Å². The second-order valence-electron chi connectivity index (χ2n) is 8.24. The van der Waals surface area contributed by atoms with Crippen LogP contribution >= 0.6 is 0 Å². The largest absolute Gasteiger partial charge is 0.457 e. The van der Waals surface area contributed by atoms with Crippen molar-refractivity contribution in [3.05, 3.63) is 78.7 Å². The number of anilines is 3. The molecule has 0 spiro atoms. The number of aryl methyl sites for hydroxylation is 1. The fourth-order valence-corrected chi connectivity index (χ4v) is 3.97. The van der Waals surface area contributed by atoms with Gasteiger partial charge in [-0.1, -0.05) is 6.08 Å². The second-order valence-corrected chi connectivity index (χ2v) is 8.24. The molecule has 5 heterocycles. The van der Waals surface area contributed by atoms with Crippen molar-refractivity contribution in [3.8, 4) is 11.5 Å². The van der Waals surface area contributed by atoms with Gasteiger partial charge >= 0.3 is 0 Å². The molecule has 10 nitrogen and oxygen atoms in total. The topological polar surface area (TPSA) is 114 Å². The van der Waals surface area contributed by atoms with E-state index >= 15 is 0 Å². The van der Waals surface area contributed by atoms with Crippen molar-refractivity contribution in [1.82, 2.24) is 34.9 Å². The van der Waals surface area contributed by atoms with E-state index in [2.05, 4.69) is 42.1 Å². The van der Waals surface area contributed by atoms with Crippen LogP contribution in [0.4, 0.5) is 17.3 Å². The third-order valence-corrected chi connectivity index (χ3v) is 5.72. The monoisotopic (exact) mass is 465 g/mol. The number of rotatable bonds is 6. The summed E-state index contributed by atoms with van der Waals surface area (Å²) >= 11 is 0.